The first kappa shape index (κ1) is 65.1. The van der Waals surface area contributed by atoms with Crippen LogP contribution in [0.5, 0.6) is 23.4 Å². The molecule has 86 heavy (non-hydrogen) atoms. The zero-order valence-corrected chi connectivity index (χ0v) is 43.6. The number of halogens is 25. The normalized spacial score (nSPS) is 12.9. The summed E-state index contributed by atoms with van der Waals surface area (Å²) in [6.45, 7) is 0. The van der Waals surface area contributed by atoms with Gasteiger partial charge in [-0.05, 0) is 72.8 Å². The van der Waals surface area contributed by atoms with Crippen LogP contribution in [-0.4, -0.2) is 6.15 Å². The Bertz CT molecular complexity index is 3300. The fourth-order valence-electron chi connectivity index (χ4n) is 8.40. The molecule has 6 aromatic carbocycles. The van der Waals surface area contributed by atoms with Gasteiger partial charge in [-0.2, -0.15) is 138 Å². The monoisotopic (exact) mass is 1360 g/mol. The second-order valence-electron chi connectivity index (χ2n) is 17.9. The number of rotatable bonds is 10. The summed E-state index contributed by atoms with van der Waals surface area (Å²) in [6, 6.07) is 16.1. The van der Waals surface area contributed by atoms with Crippen LogP contribution in [0.1, 0.15) is 55.6 Å². The third-order valence-electron chi connectivity index (χ3n) is 12.1. The Morgan fingerprint density at radius 3 is 0.698 bits per heavy atom. The molecule has 2 aromatic heterocycles. The van der Waals surface area contributed by atoms with Crippen molar-refractivity contribution in [1.29, 1.82) is 10.5 Å². The van der Waals surface area contributed by atoms with E-state index in [4.69, 9.17) is 28.8 Å². The highest BCUT2D eigenvalue weighted by Gasteiger charge is 2.47. The summed E-state index contributed by atoms with van der Waals surface area (Å²) in [5.41, 5.74) is -29.1. The summed E-state index contributed by atoms with van der Waals surface area (Å²) in [4.78, 5) is 0. The Kier molecular flexibility index (Phi) is 17.8. The van der Waals surface area contributed by atoms with Crippen LogP contribution in [-0.2, 0) is 49.4 Å². The molecule has 2 heterocycles. The molecule has 6 nitrogen and oxygen atoms in total. The first-order valence-electron chi connectivity index (χ1n) is 23.0. The standard InChI is InChI=1S/C32H12BF24.C22H12IN2O4/c34-25(35,36)13-1-14(26(37,38)39)6-21(5-13)33(22-7-15(27(40,41)42)2-16(8-22)28(43,44)45,23-9-17(29(46,47)48)3-18(10-23)30(49,50)51)24-11-19(31(52,53)54)4-20(12-24)32(55,56)57;24-13-15-1-5-17(6-2-15)26-21-11-9-19(28-21)23-20-10-12-22(29-20)27-18-7-3-16(14-25)4-8-18/h1-12H;1-12H/q-1;+1. The first-order valence-corrected chi connectivity index (χ1v) is 25.2. The van der Waals surface area contributed by atoms with Gasteiger partial charge in [0.15, 0.2) is 0 Å². The maximum absolute atomic E-state index is 14.2. The van der Waals surface area contributed by atoms with Crippen molar-refractivity contribution in [3.63, 3.8) is 0 Å². The van der Waals surface area contributed by atoms with Gasteiger partial charge in [0.25, 0.3) is 11.9 Å². The number of alkyl halides is 24. The zero-order valence-electron chi connectivity index (χ0n) is 41.4. The minimum Gasteiger partial charge on any atom is -0.426 e. The lowest BCUT2D eigenvalue weighted by Crippen LogP contribution is -3.61. The maximum atomic E-state index is 14.2. The molecule has 0 saturated carbocycles. The molecule has 0 unspecified atom stereocenters. The van der Waals surface area contributed by atoms with Crippen LogP contribution in [0.2, 0.25) is 0 Å². The van der Waals surface area contributed by atoms with E-state index in [1.165, 1.54) is 0 Å². The second kappa shape index (κ2) is 23.4. The fourth-order valence-corrected chi connectivity index (χ4v) is 10.3. The topological polar surface area (TPSA) is 92.3 Å². The van der Waals surface area contributed by atoms with Gasteiger partial charge < -0.3 is 18.3 Å². The Labute approximate surface area is 475 Å². The number of hydrogen-bond acceptors (Lipinski definition) is 6. The molecule has 0 fully saturated rings. The average Bonchev–Trinajstić information content (AvgIpc) is 0.790. The van der Waals surface area contributed by atoms with E-state index in [9.17, 15) is 105 Å². The molecule has 8 aromatic rings. The molecular weight excluding hydrogens is 1330 g/mol. The van der Waals surface area contributed by atoms with Crippen molar-refractivity contribution in [1.82, 2.24) is 0 Å². The van der Waals surface area contributed by atoms with E-state index in [0.29, 0.717) is 34.5 Å². The summed E-state index contributed by atoms with van der Waals surface area (Å²) in [6.07, 6.45) is -54.8. The Hall–Kier alpha value is -8.43. The van der Waals surface area contributed by atoms with Gasteiger partial charge >= 0.3 is 78.1 Å². The van der Waals surface area contributed by atoms with Crippen LogP contribution in [0.4, 0.5) is 105 Å². The van der Waals surface area contributed by atoms with Gasteiger partial charge in [0.05, 0.1) is 67.8 Å². The van der Waals surface area contributed by atoms with Gasteiger partial charge in [-0.25, -0.2) is 0 Å². The lowest BCUT2D eigenvalue weighted by Gasteiger charge is -2.46. The summed E-state index contributed by atoms with van der Waals surface area (Å²) >= 11 is -0.678. The zero-order chi connectivity index (χ0) is 64.0. The van der Waals surface area contributed by atoms with Gasteiger partial charge in [-0.15, -0.1) is 0 Å². The van der Waals surface area contributed by atoms with Crippen molar-refractivity contribution in [3.8, 4) is 35.5 Å². The first-order chi connectivity index (χ1) is 39.5. The van der Waals surface area contributed by atoms with E-state index in [1.807, 2.05) is 12.1 Å². The van der Waals surface area contributed by atoms with Crippen LogP contribution in [0.25, 0.3) is 0 Å². The van der Waals surface area contributed by atoms with Crippen LogP contribution >= 0.6 is 0 Å². The largest absolute Gasteiger partial charge is 0.443 e. The Morgan fingerprint density at radius 1 is 0.302 bits per heavy atom. The quantitative estimate of drug-likeness (QED) is 0.0769. The SMILES string of the molecule is FC(F)(F)c1cc([B-](c2cc(C(F)(F)F)cc(C(F)(F)F)c2)(c2cc(C(F)(F)F)cc(C(F)(F)F)c2)c2cc(C(F)(F)F)cc(C(F)(F)F)c2)cc(C(F)(F)F)c1.N#Cc1ccc(Oc2ccc([I+]c3ccc(Oc4ccc(C#N)cc4)o3)o2)cc1. The maximum Gasteiger partial charge on any atom is 0.443 e. The van der Waals surface area contributed by atoms with Crippen molar-refractivity contribution >= 4 is 28.0 Å². The van der Waals surface area contributed by atoms with E-state index < -0.39 is 216 Å². The highest BCUT2D eigenvalue weighted by atomic mass is 127. The van der Waals surface area contributed by atoms with Crippen LogP contribution < -0.4 is 52.5 Å². The summed E-state index contributed by atoms with van der Waals surface area (Å²) < 4.78 is 365. The molecule has 0 atom stereocenters. The predicted octanol–water partition coefficient (Wildman–Crippen LogP) is 13.5. The molecule has 0 aliphatic heterocycles. The van der Waals surface area contributed by atoms with E-state index in [1.54, 1.807) is 60.7 Å². The number of nitriles is 2. The summed E-state index contributed by atoms with van der Waals surface area (Å²) in [5.74, 6) is 1.95. The number of nitrogens with zero attached hydrogens (tertiary/aromatic N) is 2. The highest BCUT2D eigenvalue weighted by Crippen LogP contribution is 2.42. The van der Waals surface area contributed by atoms with Crippen molar-refractivity contribution in [2.45, 2.75) is 49.4 Å². The van der Waals surface area contributed by atoms with E-state index in [-0.39, 0.29) is 0 Å². The lowest BCUT2D eigenvalue weighted by atomic mass is 9.12. The van der Waals surface area contributed by atoms with Crippen LogP contribution in [0.15, 0.2) is 154 Å². The van der Waals surface area contributed by atoms with Gasteiger partial charge in [-0.3, -0.25) is 0 Å². The molecule has 0 bridgehead atoms. The van der Waals surface area contributed by atoms with Crippen molar-refractivity contribution < 1.29 is 145 Å². The minimum atomic E-state index is -6.13. The van der Waals surface area contributed by atoms with E-state index >= 15 is 0 Å². The third-order valence-corrected chi connectivity index (χ3v) is 14.3. The Morgan fingerprint density at radius 2 is 0.512 bits per heavy atom. The number of furan rings is 2. The molecule has 0 aliphatic rings. The Balaban J connectivity index is 0.000000302. The predicted molar refractivity (Wildman–Crippen MR) is 247 cm³/mol. The number of benzene rings is 6. The molecule has 0 N–H and O–H groups in total. The van der Waals surface area contributed by atoms with Gasteiger partial charge in [0.2, 0.25) is 0 Å². The minimum absolute atomic E-state index is 0.380. The molecule has 452 valence electrons. The van der Waals surface area contributed by atoms with Gasteiger partial charge in [0.1, 0.15) is 17.6 Å². The molecule has 0 radical (unpaired) electrons. The molecule has 0 saturated heterocycles. The number of hydrogen-bond donors (Lipinski definition) is 0. The number of ether oxygens (including phenoxy) is 2. The average molecular weight is 1360 g/mol. The smallest absolute Gasteiger partial charge is 0.426 e. The van der Waals surface area contributed by atoms with E-state index in [0.717, 1.165) is 7.53 Å². The molecule has 32 heteroatoms. The third kappa shape index (κ3) is 15.3. The second-order valence-corrected chi connectivity index (χ2v) is 20.6. The fraction of sp³-hybridized carbons (Fsp3) is 0.148. The highest BCUT2D eigenvalue weighted by molar-refractivity contribution is 7.20. The summed E-state index contributed by atoms with van der Waals surface area (Å²) in [5, 5.41) is 17.7. The van der Waals surface area contributed by atoms with Crippen molar-refractivity contribution in [2.75, 3.05) is 0 Å². The van der Waals surface area contributed by atoms with Gasteiger partial charge in [0, 0.05) is 24.3 Å². The molecule has 0 aliphatic carbocycles. The molecule has 8 rings (SSSR count). The molecule has 0 spiro atoms. The van der Waals surface area contributed by atoms with Crippen molar-refractivity contribution in [3.05, 3.63) is 209 Å². The van der Waals surface area contributed by atoms with Crippen LogP contribution in [0, 0.1) is 30.2 Å². The van der Waals surface area contributed by atoms with Crippen molar-refractivity contribution in [2.24, 2.45) is 0 Å². The molecular formula is C54H24BF24IN2O4. The van der Waals surface area contributed by atoms with E-state index in [2.05, 4.69) is 12.1 Å². The van der Waals surface area contributed by atoms with Crippen LogP contribution in [0.3, 0.4) is 0 Å². The molecule has 0 amide bonds. The van der Waals surface area contributed by atoms with Gasteiger partial charge in [-0.1, -0.05) is 48.5 Å². The summed E-state index contributed by atoms with van der Waals surface area (Å²) in [7, 11) is 0. The lowest BCUT2D eigenvalue weighted by molar-refractivity contribution is -0.636.